The van der Waals surface area contributed by atoms with Gasteiger partial charge in [-0.1, -0.05) is 44.5 Å². The second-order valence-corrected chi connectivity index (χ2v) is 8.38. The highest BCUT2D eigenvalue weighted by Gasteiger charge is 2.28. The maximum Gasteiger partial charge on any atom is 0.246 e. The van der Waals surface area contributed by atoms with Gasteiger partial charge in [-0.25, -0.2) is 0 Å². The van der Waals surface area contributed by atoms with E-state index in [-0.39, 0.29) is 30.5 Å². The van der Waals surface area contributed by atoms with Crippen LogP contribution in [0.3, 0.4) is 0 Å². The maximum absolute atomic E-state index is 12.4. The molecule has 1 saturated carbocycles. The minimum Gasteiger partial charge on any atom is -0.381 e. The predicted octanol–water partition coefficient (Wildman–Crippen LogP) is 3.25. The van der Waals surface area contributed by atoms with Gasteiger partial charge in [0.15, 0.2) is 0 Å². The lowest BCUT2D eigenvalue weighted by Crippen LogP contribution is -2.28. The molecule has 0 aromatic heterocycles. The van der Waals surface area contributed by atoms with Crippen LogP contribution in [0.1, 0.15) is 57.1 Å². The number of hydrogen-bond acceptors (Lipinski definition) is 5. The quantitative estimate of drug-likeness (QED) is 0.394. The fourth-order valence-electron chi connectivity index (χ4n) is 3.42. The first kappa shape index (κ1) is 24.2. The molecule has 0 aliphatic heterocycles. The Kier molecular flexibility index (Phi) is 10.7. The van der Waals surface area contributed by atoms with Gasteiger partial charge in [0.1, 0.15) is 18.2 Å². The molecule has 1 aliphatic rings. The number of ether oxygens (including phenoxy) is 2. The molecular formula is C24H35NO5. The molecule has 1 unspecified atom stereocenters. The van der Waals surface area contributed by atoms with Crippen LogP contribution in [-0.4, -0.2) is 43.9 Å². The number of nitrogens with one attached hydrogen (secondary N) is 1. The zero-order chi connectivity index (χ0) is 21.8. The zero-order valence-corrected chi connectivity index (χ0v) is 18.3. The van der Waals surface area contributed by atoms with Gasteiger partial charge in [-0.2, -0.15) is 0 Å². The standard InChI is InChI=1S/C24H35NO5/c1-18(2)16-29-12-5-13-30-17-24(28)25-15-20-10-8-19(9-11-20)14-23(27)21-6-3-4-7-22(21)26/h8-11,18,21H,3-7,12-17H2,1-2H3,(H,25,28). The van der Waals surface area contributed by atoms with Crippen molar-refractivity contribution in [3.63, 3.8) is 0 Å². The number of rotatable bonds is 13. The lowest BCUT2D eigenvalue weighted by molar-refractivity contribution is -0.134. The summed E-state index contributed by atoms with van der Waals surface area (Å²) in [5, 5.41) is 2.83. The van der Waals surface area contributed by atoms with E-state index in [9.17, 15) is 14.4 Å². The molecule has 6 heteroatoms. The first-order chi connectivity index (χ1) is 14.5. The molecule has 1 aromatic carbocycles. The van der Waals surface area contributed by atoms with Gasteiger partial charge in [0.2, 0.25) is 5.91 Å². The number of amides is 1. The van der Waals surface area contributed by atoms with Crippen LogP contribution >= 0.6 is 0 Å². The fourth-order valence-corrected chi connectivity index (χ4v) is 3.42. The SMILES string of the molecule is CC(C)COCCCOCC(=O)NCc1ccc(CC(=O)C2CCCCC2=O)cc1. The topological polar surface area (TPSA) is 81.7 Å². The summed E-state index contributed by atoms with van der Waals surface area (Å²) in [5.41, 5.74) is 1.85. The molecule has 2 rings (SSSR count). The fraction of sp³-hybridized carbons (Fsp3) is 0.625. The van der Waals surface area contributed by atoms with E-state index in [1.807, 2.05) is 24.3 Å². The molecule has 1 atom stereocenters. The van der Waals surface area contributed by atoms with Gasteiger partial charge in [0.05, 0.1) is 5.92 Å². The van der Waals surface area contributed by atoms with Crippen LogP contribution in [0.15, 0.2) is 24.3 Å². The van der Waals surface area contributed by atoms with Gasteiger partial charge in [0.25, 0.3) is 0 Å². The molecule has 1 N–H and O–H groups in total. The molecule has 0 heterocycles. The van der Waals surface area contributed by atoms with E-state index in [1.165, 1.54) is 0 Å². The highest BCUT2D eigenvalue weighted by atomic mass is 16.5. The van der Waals surface area contributed by atoms with Crippen molar-refractivity contribution >= 4 is 17.5 Å². The third-order valence-electron chi connectivity index (χ3n) is 5.10. The molecule has 1 aliphatic carbocycles. The lowest BCUT2D eigenvalue weighted by Gasteiger charge is -2.19. The minimum absolute atomic E-state index is 0.0208. The monoisotopic (exact) mass is 417 g/mol. The van der Waals surface area contributed by atoms with Crippen LogP contribution in [0.4, 0.5) is 0 Å². The second kappa shape index (κ2) is 13.3. The van der Waals surface area contributed by atoms with Crippen molar-refractivity contribution in [3.05, 3.63) is 35.4 Å². The van der Waals surface area contributed by atoms with Gasteiger partial charge in [0, 0.05) is 39.2 Å². The summed E-state index contributed by atoms with van der Waals surface area (Å²) in [6.45, 7) is 6.54. The van der Waals surface area contributed by atoms with Crippen molar-refractivity contribution in [2.75, 3.05) is 26.4 Å². The normalized spacial score (nSPS) is 16.6. The van der Waals surface area contributed by atoms with Crippen LogP contribution in [-0.2, 0) is 36.8 Å². The number of carbonyl (C=O) groups is 3. The van der Waals surface area contributed by atoms with E-state index in [0.717, 1.165) is 37.0 Å². The largest absolute Gasteiger partial charge is 0.381 e. The van der Waals surface area contributed by atoms with Crippen molar-refractivity contribution in [2.24, 2.45) is 11.8 Å². The Labute approximate surface area is 179 Å². The smallest absolute Gasteiger partial charge is 0.246 e. The molecule has 0 saturated heterocycles. The first-order valence-electron chi connectivity index (χ1n) is 11.0. The molecule has 0 spiro atoms. The third kappa shape index (κ3) is 9.18. The molecule has 0 radical (unpaired) electrons. The van der Waals surface area contributed by atoms with Gasteiger partial charge in [-0.3, -0.25) is 14.4 Å². The average Bonchev–Trinajstić information content (AvgIpc) is 2.72. The highest BCUT2D eigenvalue weighted by molar-refractivity contribution is 6.03. The van der Waals surface area contributed by atoms with Crippen molar-refractivity contribution in [1.82, 2.24) is 5.32 Å². The van der Waals surface area contributed by atoms with Crippen LogP contribution in [0.2, 0.25) is 0 Å². The van der Waals surface area contributed by atoms with Gasteiger partial charge < -0.3 is 14.8 Å². The summed E-state index contributed by atoms with van der Waals surface area (Å²) >= 11 is 0. The number of benzene rings is 1. The minimum atomic E-state index is -0.417. The van der Waals surface area contributed by atoms with E-state index < -0.39 is 5.92 Å². The summed E-state index contributed by atoms with van der Waals surface area (Å²) in [4.78, 5) is 36.2. The number of hydrogen-bond donors (Lipinski definition) is 1. The van der Waals surface area contributed by atoms with Crippen molar-refractivity contribution in [3.8, 4) is 0 Å². The van der Waals surface area contributed by atoms with Crippen molar-refractivity contribution < 1.29 is 23.9 Å². The van der Waals surface area contributed by atoms with Crippen molar-refractivity contribution in [2.45, 2.75) is 58.9 Å². The molecule has 6 nitrogen and oxygen atoms in total. The lowest BCUT2D eigenvalue weighted by atomic mass is 9.83. The first-order valence-corrected chi connectivity index (χ1v) is 11.0. The Balaban J connectivity index is 1.61. The predicted molar refractivity (Wildman–Crippen MR) is 115 cm³/mol. The number of carbonyl (C=O) groups excluding carboxylic acids is 3. The summed E-state index contributed by atoms with van der Waals surface area (Å²) in [7, 11) is 0. The van der Waals surface area contributed by atoms with E-state index in [4.69, 9.17) is 9.47 Å². The molecule has 1 amide bonds. The van der Waals surface area contributed by atoms with E-state index >= 15 is 0 Å². The highest BCUT2D eigenvalue weighted by Crippen LogP contribution is 2.22. The number of ketones is 2. The van der Waals surface area contributed by atoms with Gasteiger partial charge in [-0.05, 0) is 36.3 Å². The zero-order valence-electron chi connectivity index (χ0n) is 18.3. The van der Waals surface area contributed by atoms with Crippen LogP contribution in [0.5, 0.6) is 0 Å². The molecule has 166 valence electrons. The average molecular weight is 418 g/mol. The summed E-state index contributed by atoms with van der Waals surface area (Å²) in [6.07, 6.45) is 4.14. The summed E-state index contributed by atoms with van der Waals surface area (Å²) in [5.74, 6) is 0.0587. The van der Waals surface area contributed by atoms with E-state index in [2.05, 4.69) is 19.2 Å². The van der Waals surface area contributed by atoms with Crippen LogP contribution < -0.4 is 5.32 Å². The Morgan fingerprint density at radius 3 is 2.47 bits per heavy atom. The molecule has 30 heavy (non-hydrogen) atoms. The molecule has 1 aromatic rings. The Hall–Kier alpha value is -2.05. The molecular weight excluding hydrogens is 382 g/mol. The van der Waals surface area contributed by atoms with Crippen molar-refractivity contribution in [1.29, 1.82) is 0 Å². The molecule has 0 bridgehead atoms. The second-order valence-electron chi connectivity index (χ2n) is 8.38. The Morgan fingerprint density at radius 2 is 1.77 bits per heavy atom. The Bertz CT molecular complexity index is 683. The van der Waals surface area contributed by atoms with Gasteiger partial charge >= 0.3 is 0 Å². The third-order valence-corrected chi connectivity index (χ3v) is 5.10. The van der Waals surface area contributed by atoms with E-state index in [1.54, 1.807) is 0 Å². The number of Topliss-reactive ketones (excluding diaryl/α,β-unsaturated/α-hetero) is 2. The summed E-state index contributed by atoms with van der Waals surface area (Å²) in [6, 6.07) is 7.58. The van der Waals surface area contributed by atoms with Crippen LogP contribution in [0.25, 0.3) is 0 Å². The van der Waals surface area contributed by atoms with Crippen LogP contribution in [0, 0.1) is 11.8 Å². The molecule has 1 fully saturated rings. The Morgan fingerprint density at radius 1 is 1.07 bits per heavy atom. The maximum atomic E-state index is 12.4. The van der Waals surface area contributed by atoms with E-state index in [0.29, 0.717) is 38.5 Å². The van der Waals surface area contributed by atoms with Gasteiger partial charge in [-0.15, -0.1) is 0 Å². The summed E-state index contributed by atoms with van der Waals surface area (Å²) < 4.78 is 10.8.